The Labute approximate surface area is 82.5 Å². The van der Waals surface area contributed by atoms with Crippen LogP contribution < -0.4 is 11.1 Å². The Balaban J connectivity index is 2.04. The second-order valence-electron chi connectivity index (χ2n) is 3.80. The predicted molar refractivity (Wildman–Crippen MR) is 53.8 cm³/mol. The molecule has 2 rings (SSSR count). The zero-order valence-electron chi connectivity index (χ0n) is 8.08. The molecule has 14 heavy (non-hydrogen) atoms. The SMILES string of the molecule is Cc1ccc(NC(=O)C2(N)CC2)cn1. The van der Waals surface area contributed by atoms with Gasteiger partial charge in [0.2, 0.25) is 5.91 Å². The van der Waals surface area contributed by atoms with Crippen molar-refractivity contribution in [2.75, 3.05) is 5.32 Å². The lowest BCUT2D eigenvalue weighted by atomic mass is 10.2. The predicted octanol–water partition coefficient (Wildman–Crippen LogP) is 0.820. The Morgan fingerprint density at radius 3 is 2.79 bits per heavy atom. The molecule has 1 saturated carbocycles. The molecular weight excluding hydrogens is 178 g/mol. The number of nitrogens with two attached hydrogens (primary N) is 1. The standard InChI is InChI=1S/C10H13N3O/c1-7-2-3-8(6-12-7)13-9(14)10(11)4-5-10/h2-3,6H,4-5,11H2,1H3,(H,13,14). The molecule has 4 nitrogen and oxygen atoms in total. The van der Waals surface area contributed by atoms with Crippen LogP contribution in [0.2, 0.25) is 0 Å². The van der Waals surface area contributed by atoms with Gasteiger partial charge in [-0.3, -0.25) is 9.78 Å². The Bertz CT molecular complexity index is 354. The molecule has 3 N–H and O–H groups in total. The van der Waals surface area contributed by atoms with Gasteiger partial charge in [0, 0.05) is 5.69 Å². The largest absolute Gasteiger partial charge is 0.323 e. The molecule has 1 amide bonds. The summed E-state index contributed by atoms with van der Waals surface area (Å²) in [5, 5.41) is 2.75. The molecule has 0 bridgehead atoms. The van der Waals surface area contributed by atoms with Crippen LogP contribution >= 0.6 is 0 Å². The van der Waals surface area contributed by atoms with Gasteiger partial charge in [0.05, 0.1) is 17.4 Å². The van der Waals surface area contributed by atoms with Gasteiger partial charge in [-0.05, 0) is 31.9 Å². The molecule has 74 valence electrons. The van der Waals surface area contributed by atoms with Gasteiger partial charge in [-0.1, -0.05) is 0 Å². The number of carbonyl (C=O) groups excluding carboxylic acids is 1. The van der Waals surface area contributed by atoms with E-state index in [1.165, 1.54) is 0 Å². The van der Waals surface area contributed by atoms with Crippen molar-refractivity contribution in [1.82, 2.24) is 4.98 Å². The second-order valence-corrected chi connectivity index (χ2v) is 3.80. The molecule has 0 atom stereocenters. The highest BCUT2D eigenvalue weighted by molar-refractivity contribution is 5.99. The van der Waals surface area contributed by atoms with E-state index in [1.807, 2.05) is 19.1 Å². The van der Waals surface area contributed by atoms with Crippen LogP contribution in [0.1, 0.15) is 18.5 Å². The van der Waals surface area contributed by atoms with E-state index >= 15 is 0 Å². The van der Waals surface area contributed by atoms with Gasteiger partial charge in [-0.15, -0.1) is 0 Å². The molecule has 0 spiro atoms. The first-order chi connectivity index (χ1) is 6.60. The first-order valence-electron chi connectivity index (χ1n) is 4.63. The maximum atomic E-state index is 11.5. The number of hydrogen-bond acceptors (Lipinski definition) is 3. The average molecular weight is 191 g/mol. The molecule has 4 heteroatoms. The number of amides is 1. The highest BCUT2D eigenvalue weighted by Gasteiger charge is 2.45. The molecule has 0 radical (unpaired) electrons. The fourth-order valence-corrected chi connectivity index (χ4v) is 1.16. The number of aromatic nitrogens is 1. The average Bonchev–Trinajstić information content (AvgIpc) is 2.89. The van der Waals surface area contributed by atoms with Crippen LogP contribution in [-0.4, -0.2) is 16.4 Å². The number of nitrogens with zero attached hydrogens (tertiary/aromatic N) is 1. The van der Waals surface area contributed by atoms with Gasteiger partial charge in [0.25, 0.3) is 0 Å². The molecule has 1 aliphatic rings. The highest BCUT2D eigenvalue weighted by atomic mass is 16.2. The topological polar surface area (TPSA) is 68.0 Å². The van der Waals surface area contributed by atoms with E-state index in [0.29, 0.717) is 5.69 Å². The Morgan fingerprint density at radius 2 is 2.29 bits per heavy atom. The lowest BCUT2D eigenvalue weighted by Crippen LogP contribution is -2.37. The summed E-state index contributed by atoms with van der Waals surface area (Å²) in [6.07, 6.45) is 3.19. The van der Waals surface area contributed by atoms with E-state index in [-0.39, 0.29) is 5.91 Å². The van der Waals surface area contributed by atoms with Crippen LogP contribution in [0.4, 0.5) is 5.69 Å². The summed E-state index contributed by atoms with van der Waals surface area (Å²) in [6, 6.07) is 3.68. The van der Waals surface area contributed by atoms with Crippen LogP contribution in [0.25, 0.3) is 0 Å². The lowest BCUT2D eigenvalue weighted by molar-refractivity contribution is -0.118. The number of anilines is 1. The van der Waals surface area contributed by atoms with Crippen molar-refractivity contribution in [2.45, 2.75) is 25.3 Å². The fraction of sp³-hybridized carbons (Fsp3) is 0.400. The van der Waals surface area contributed by atoms with Crippen molar-refractivity contribution in [3.8, 4) is 0 Å². The highest BCUT2D eigenvalue weighted by Crippen LogP contribution is 2.33. The van der Waals surface area contributed by atoms with E-state index in [1.54, 1.807) is 6.20 Å². The van der Waals surface area contributed by atoms with E-state index in [2.05, 4.69) is 10.3 Å². The van der Waals surface area contributed by atoms with E-state index in [4.69, 9.17) is 5.73 Å². The molecule has 0 saturated heterocycles. The summed E-state index contributed by atoms with van der Waals surface area (Å²) in [5.41, 5.74) is 6.75. The van der Waals surface area contributed by atoms with Crippen LogP contribution in [-0.2, 0) is 4.79 Å². The van der Waals surface area contributed by atoms with Crippen molar-refractivity contribution < 1.29 is 4.79 Å². The summed E-state index contributed by atoms with van der Waals surface area (Å²) in [4.78, 5) is 15.6. The van der Waals surface area contributed by atoms with Crippen LogP contribution in [0.15, 0.2) is 18.3 Å². The third kappa shape index (κ3) is 1.75. The lowest BCUT2D eigenvalue weighted by Gasteiger charge is -2.09. The molecule has 1 fully saturated rings. The van der Waals surface area contributed by atoms with Gasteiger partial charge in [0.15, 0.2) is 0 Å². The van der Waals surface area contributed by atoms with Crippen LogP contribution in [0, 0.1) is 6.92 Å². The minimum atomic E-state index is -0.620. The van der Waals surface area contributed by atoms with Gasteiger partial charge >= 0.3 is 0 Å². The van der Waals surface area contributed by atoms with Crippen molar-refractivity contribution in [2.24, 2.45) is 5.73 Å². The Kier molecular flexibility index (Phi) is 2.00. The van der Waals surface area contributed by atoms with Gasteiger partial charge in [-0.2, -0.15) is 0 Å². The monoisotopic (exact) mass is 191 g/mol. The molecule has 0 unspecified atom stereocenters. The summed E-state index contributed by atoms with van der Waals surface area (Å²) in [5.74, 6) is -0.108. The second kappa shape index (κ2) is 3.06. The first-order valence-corrected chi connectivity index (χ1v) is 4.63. The molecule has 1 aliphatic carbocycles. The van der Waals surface area contributed by atoms with Gasteiger partial charge in [-0.25, -0.2) is 0 Å². The summed E-state index contributed by atoms with van der Waals surface area (Å²) in [7, 11) is 0. The number of nitrogens with one attached hydrogen (secondary N) is 1. The number of pyridine rings is 1. The van der Waals surface area contributed by atoms with Gasteiger partial charge in [0.1, 0.15) is 0 Å². The quantitative estimate of drug-likeness (QED) is 0.727. The summed E-state index contributed by atoms with van der Waals surface area (Å²) >= 11 is 0. The molecule has 0 aliphatic heterocycles. The van der Waals surface area contributed by atoms with Crippen molar-refractivity contribution in [3.05, 3.63) is 24.0 Å². The number of aryl methyl sites for hydroxylation is 1. The number of rotatable bonds is 2. The maximum absolute atomic E-state index is 11.5. The third-order valence-electron chi connectivity index (χ3n) is 2.41. The molecule has 1 aromatic heterocycles. The normalized spacial score (nSPS) is 17.6. The Morgan fingerprint density at radius 1 is 1.57 bits per heavy atom. The van der Waals surface area contributed by atoms with Crippen molar-refractivity contribution in [1.29, 1.82) is 0 Å². The first kappa shape index (κ1) is 9.15. The van der Waals surface area contributed by atoms with E-state index in [9.17, 15) is 4.79 Å². The fourth-order valence-electron chi connectivity index (χ4n) is 1.16. The van der Waals surface area contributed by atoms with Crippen LogP contribution in [0.5, 0.6) is 0 Å². The Hall–Kier alpha value is -1.42. The summed E-state index contributed by atoms with van der Waals surface area (Å²) < 4.78 is 0. The van der Waals surface area contributed by atoms with E-state index < -0.39 is 5.54 Å². The smallest absolute Gasteiger partial charge is 0.244 e. The zero-order valence-corrected chi connectivity index (χ0v) is 8.08. The molecule has 0 aromatic carbocycles. The molecule has 1 aromatic rings. The number of carbonyl (C=O) groups is 1. The van der Waals surface area contributed by atoms with E-state index in [0.717, 1.165) is 18.5 Å². The van der Waals surface area contributed by atoms with Gasteiger partial charge < -0.3 is 11.1 Å². The molecule has 1 heterocycles. The van der Waals surface area contributed by atoms with Crippen molar-refractivity contribution >= 4 is 11.6 Å². The summed E-state index contributed by atoms with van der Waals surface area (Å²) in [6.45, 7) is 1.90. The minimum absolute atomic E-state index is 0.108. The number of hydrogen-bond donors (Lipinski definition) is 2. The third-order valence-corrected chi connectivity index (χ3v) is 2.41. The maximum Gasteiger partial charge on any atom is 0.244 e. The minimum Gasteiger partial charge on any atom is -0.323 e. The zero-order chi connectivity index (χ0) is 10.2. The van der Waals surface area contributed by atoms with Crippen molar-refractivity contribution in [3.63, 3.8) is 0 Å². The molecular formula is C10H13N3O. The van der Waals surface area contributed by atoms with Crippen LogP contribution in [0.3, 0.4) is 0 Å².